The molecule has 0 saturated heterocycles. The first-order chi connectivity index (χ1) is 9.19. The number of benzene rings is 1. The van der Waals surface area contributed by atoms with Crippen LogP contribution in [0.1, 0.15) is 24.8 Å². The van der Waals surface area contributed by atoms with Crippen LogP contribution in [0.15, 0.2) is 18.2 Å². The Morgan fingerprint density at radius 2 is 2.26 bits per heavy atom. The molecule has 1 N–H and O–H groups in total. The summed E-state index contributed by atoms with van der Waals surface area (Å²) in [6.45, 7) is 1.36. The van der Waals surface area contributed by atoms with E-state index in [0.717, 1.165) is 24.9 Å². The second kappa shape index (κ2) is 8.06. The maximum absolute atomic E-state index is 10.9. The van der Waals surface area contributed by atoms with Crippen molar-refractivity contribution in [3.63, 3.8) is 0 Å². The summed E-state index contributed by atoms with van der Waals surface area (Å²) in [5.41, 5.74) is 0.819. The van der Waals surface area contributed by atoms with Gasteiger partial charge in [0.15, 0.2) is 5.75 Å². The molecular formula is C13H17N3O3. The molecule has 1 rings (SSSR count). The Morgan fingerprint density at radius 3 is 2.89 bits per heavy atom. The molecule has 19 heavy (non-hydrogen) atoms. The van der Waals surface area contributed by atoms with Crippen LogP contribution in [0.5, 0.6) is 5.75 Å². The fourth-order valence-corrected chi connectivity index (χ4v) is 1.67. The number of nitro groups is 1. The van der Waals surface area contributed by atoms with E-state index in [-0.39, 0.29) is 11.4 Å². The van der Waals surface area contributed by atoms with Gasteiger partial charge in [-0.3, -0.25) is 10.1 Å². The van der Waals surface area contributed by atoms with Gasteiger partial charge in [-0.2, -0.15) is 5.26 Å². The number of hydrogen-bond donors (Lipinski definition) is 1. The van der Waals surface area contributed by atoms with Gasteiger partial charge in [-0.15, -0.1) is 0 Å². The molecule has 0 aliphatic carbocycles. The number of hydrogen-bond acceptors (Lipinski definition) is 5. The Kier molecular flexibility index (Phi) is 6.33. The Bertz CT molecular complexity index is 469. The Hall–Kier alpha value is -2.13. The van der Waals surface area contributed by atoms with Gasteiger partial charge in [-0.1, -0.05) is 6.07 Å². The minimum absolute atomic E-state index is 0.0220. The minimum Gasteiger partial charge on any atom is -0.490 e. The first-order valence-corrected chi connectivity index (χ1v) is 6.08. The summed E-state index contributed by atoms with van der Waals surface area (Å²) < 4.78 is 4.94. The fourth-order valence-electron chi connectivity index (χ4n) is 1.67. The van der Waals surface area contributed by atoms with Crippen molar-refractivity contribution in [2.75, 3.05) is 13.7 Å². The third-order valence-corrected chi connectivity index (χ3v) is 2.66. The lowest BCUT2D eigenvalue weighted by atomic mass is 10.2. The summed E-state index contributed by atoms with van der Waals surface area (Å²) in [6, 6.07) is 7.01. The molecule has 0 aromatic heterocycles. The van der Waals surface area contributed by atoms with E-state index in [9.17, 15) is 10.1 Å². The molecule has 0 aliphatic heterocycles. The van der Waals surface area contributed by atoms with Crippen molar-refractivity contribution >= 4 is 5.69 Å². The summed E-state index contributed by atoms with van der Waals surface area (Å²) in [5.74, 6) is 0.266. The van der Waals surface area contributed by atoms with E-state index in [4.69, 9.17) is 10.00 Å². The summed E-state index contributed by atoms with van der Waals surface area (Å²) in [5, 5.41) is 22.4. The van der Waals surface area contributed by atoms with Crippen LogP contribution < -0.4 is 10.1 Å². The standard InChI is InChI=1S/C13H17N3O3/c1-19-13-6-5-11(9-12(13)16(17)18)10-15-8-4-2-3-7-14/h5-6,9,15H,2-4,8,10H2,1H3. The molecule has 0 spiro atoms. The van der Waals surface area contributed by atoms with E-state index in [1.165, 1.54) is 13.2 Å². The predicted octanol–water partition coefficient (Wildman–Crippen LogP) is 2.39. The second-order valence-corrected chi connectivity index (χ2v) is 4.06. The fraction of sp³-hybridized carbons (Fsp3) is 0.462. The predicted molar refractivity (Wildman–Crippen MR) is 70.8 cm³/mol. The van der Waals surface area contributed by atoms with Crippen LogP contribution in [0, 0.1) is 21.4 Å². The van der Waals surface area contributed by atoms with Gasteiger partial charge in [0.2, 0.25) is 0 Å². The van der Waals surface area contributed by atoms with Gasteiger partial charge >= 0.3 is 5.69 Å². The van der Waals surface area contributed by atoms with Gasteiger partial charge in [0.05, 0.1) is 18.1 Å². The molecule has 0 fully saturated rings. The number of nitrogens with one attached hydrogen (secondary N) is 1. The minimum atomic E-state index is -0.449. The van der Waals surface area contributed by atoms with Crippen LogP contribution in [-0.4, -0.2) is 18.6 Å². The highest BCUT2D eigenvalue weighted by atomic mass is 16.6. The first kappa shape index (κ1) is 14.9. The number of nitrogens with zero attached hydrogens (tertiary/aromatic N) is 2. The summed E-state index contributed by atoms with van der Waals surface area (Å²) >= 11 is 0. The molecular weight excluding hydrogens is 246 g/mol. The normalized spacial score (nSPS) is 9.89. The van der Waals surface area contributed by atoms with Gasteiger partial charge in [0.1, 0.15) is 0 Å². The zero-order valence-corrected chi connectivity index (χ0v) is 10.9. The molecule has 0 radical (unpaired) electrons. The lowest BCUT2D eigenvalue weighted by molar-refractivity contribution is -0.385. The lowest BCUT2D eigenvalue weighted by Crippen LogP contribution is -2.14. The average molecular weight is 263 g/mol. The second-order valence-electron chi connectivity index (χ2n) is 4.06. The van der Waals surface area contributed by atoms with E-state index in [1.54, 1.807) is 12.1 Å². The van der Waals surface area contributed by atoms with Gasteiger partial charge in [0, 0.05) is 19.0 Å². The summed E-state index contributed by atoms with van der Waals surface area (Å²) in [7, 11) is 1.41. The highest BCUT2D eigenvalue weighted by Crippen LogP contribution is 2.27. The SMILES string of the molecule is COc1ccc(CNCCCCC#N)cc1[N+](=O)[O-]. The molecule has 6 nitrogen and oxygen atoms in total. The molecule has 0 bridgehead atoms. The Balaban J connectivity index is 2.49. The van der Waals surface area contributed by atoms with E-state index >= 15 is 0 Å². The Labute approximate surface area is 112 Å². The number of unbranched alkanes of at least 4 members (excludes halogenated alkanes) is 2. The monoisotopic (exact) mass is 263 g/mol. The van der Waals surface area contributed by atoms with E-state index < -0.39 is 4.92 Å². The van der Waals surface area contributed by atoms with Crippen molar-refractivity contribution in [1.82, 2.24) is 5.32 Å². The highest BCUT2D eigenvalue weighted by molar-refractivity contribution is 5.48. The smallest absolute Gasteiger partial charge is 0.311 e. The van der Waals surface area contributed by atoms with Gasteiger partial charge in [-0.05, 0) is 31.0 Å². The third kappa shape index (κ3) is 4.94. The molecule has 102 valence electrons. The van der Waals surface area contributed by atoms with Crippen molar-refractivity contribution < 1.29 is 9.66 Å². The average Bonchev–Trinajstić information content (AvgIpc) is 2.42. The quantitative estimate of drug-likeness (QED) is 0.442. The van der Waals surface area contributed by atoms with E-state index in [2.05, 4.69) is 11.4 Å². The first-order valence-electron chi connectivity index (χ1n) is 6.08. The topological polar surface area (TPSA) is 88.2 Å². The van der Waals surface area contributed by atoms with Crippen molar-refractivity contribution in [1.29, 1.82) is 5.26 Å². The summed E-state index contributed by atoms with van der Waals surface area (Å²) in [6.07, 6.45) is 2.35. The van der Waals surface area contributed by atoms with Crippen LogP contribution in [0.3, 0.4) is 0 Å². The maximum atomic E-state index is 10.9. The number of rotatable bonds is 8. The zero-order valence-electron chi connectivity index (χ0n) is 10.9. The van der Waals surface area contributed by atoms with Crippen molar-refractivity contribution in [2.24, 2.45) is 0 Å². The van der Waals surface area contributed by atoms with E-state index in [0.29, 0.717) is 13.0 Å². The van der Waals surface area contributed by atoms with Crippen molar-refractivity contribution in [3.05, 3.63) is 33.9 Å². The van der Waals surface area contributed by atoms with Gasteiger partial charge in [0.25, 0.3) is 0 Å². The molecule has 0 unspecified atom stereocenters. The highest BCUT2D eigenvalue weighted by Gasteiger charge is 2.14. The molecule has 0 amide bonds. The summed E-state index contributed by atoms with van der Waals surface area (Å²) in [4.78, 5) is 10.4. The zero-order chi connectivity index (χ0) is 14.1. The lowest BCUT2D eigenvalue weighted by Gasteiger charge is -2.06. The molecule has 6 heteroatoms. The van der Waals surface area contributed by atoms with Crippen LogP contribution in [0.4, 0.5) is 5.69 Å². The van der Waals surface area contributed by atoms with E-state index in [1.807, 2.05) is 0 Å². The molecule has 0 heterocycles. The number of ether oxygens (including phenoxy) is 1. The van der Waals surface area contributed by atoms with Crippen LogP contribution in [0.2, 0.25) is 0 Å². The largest absolute Gasteiger partial charge is 0.490 e. The number of nitriles is 1. The Morgan fingerprint density at radius 1 is 1.47 bits per heavy atom. The third-order valence-electron chi connectivity index (χ3n) is 2.66. The molecule has 0 aliphatic rings. The molecule has 0 atom stereocenters. The van der Waals surface area contributed by atoms with Crippen LogP contribution in [-0.2, 0) is 6.54 Å². The number of methoxy groups -OCH3 is 1. The number of nitro benzene ring substituents is 1. The van der Waals surface area contributed by atoms with Gasteiger partial charge < -0.3 is 10.1 Å². The van der Waals surface area contributed by atoms with Crippen LogP contribution in [0.25, 0.3) is 0 Å². The maximum Gasteiger partial charge on any atom is 0.311 e. The van der Waals surface area contributed by atoms with Crippen molar-refractivity contribution in [2.45, 2.75) is 25.8 Å². The molecule has 0 saturated carbocycles. The molecule has 1 aromatic carbocycles. The van der Waals surface area contributed by atoms with Crippen LogP contribution >= 0.6 is 0 Å². The molecule has 1 aromatic rings. The van der Waals surface area contributed by atoms with Crippen molar-refractivity contribution in [3.8, 4) is 11.8 Å². The van der Waals surface area contributed by atoms with Gasteiger partial charge in [-0.25, -0.2) is 0 Å².